The van der Waals surface area contributed by atoms with Crippen molar-refractivity contribution in [2.24, 2.45) is 17.3 Å². The van der Waals surface area contributed by atoms with Gasteiger partial charge >= 0.3 is 5.97 Å². The van der Waals surface area contributed by atoms with Crippen LogP contribution in [0, 0.1) is 17.3 Å². The molecule has 1 N–H and O–H groups in total. The maximum Gasteiger partial charge on any atom is 0.310 e. The summed E-state index contributed by atoms with van der Waals surface area (Å²) >= 11 is 0. The second-order valence-corrected chi connectivity index (χ2v) is 7.66. The molecule has 3 rings (SSSR count). The van der Waals surface area contributed by atoms with E-state index in [0.717, 1.165) is 38.3 Å². The molecule has 4 atom stereocenters. The van der Waals surface area contributed by atoms with E-state index in [4.69, 9.17) is 0 Å². The summed E-state index contributed by atoms with van der Waals surface area (Å²) in [6.45, 7) is 4.17. The summed E-state index contributed by atoms with van der Waals surface area (Å²) in [5.74, 6) is 0.892. The van der Waals surface area contributed by atoms with Gasteiger partial charge in [-0.2, -0.15) is 0 Å². The SMILES string of the molecule is CC1CCCC(CN2CCCC3CCCC32)(C(=O)O)C1. The fourth-order valence-electron chi connectivity index (χ4n) is 5.21. The fourth-order valence-corrected chi connectivity index (χ4v) is 5.21. The average molecular weight is 279 g/mol. The molecular formula is C17H29NO2. The minimum absolute atomic E-state index is 0.456. The molecule has 0 aromatic heterocycles. The number of fused-ring (bicyclic) bond motifs is 1. The molecule has 0 radical (unpaired) electrons. The van der Waals surface area contributed by atoms with Crippen LogP contribution in [0.1, 0.15) is 64.7 Å². The largest absolute Gasteiger partial charge is 0.481 e. The first kappa shape index (κ1) is 14.4. The van der Waals surface area contributed by atoms with Crippen molar-refractivity contribution in [3.8, 4) is 0 Å². The van der Waals surface area contributed by atoms with Crippen LogP contribution in [0.5, 0.6) is 0 Å². The van der Waals surface area contributed by atoms with E-state index in [0.29, 0.717) is 12.0 Å². The van der Waals surface area contributed by atoms with E-state index in [-0.39, 0.29) is 0 Å². The molecule has 0 bridgehead atoms. The minimum Gasteiger partial charge on any atom is -0.481 e. The molecule has 0 aromatic rings. The third-order valence-electron chi connectivity index (χ3n) is 6.16. The molecule has 1 saturated heterocycles. The van der Waals surface area contributed by atoms with Crippen molar-refractivity contribution >= 4 is 5.97 Å². The molecule has 3 fully saturated rings. The van der Waals surface area contributed by atoms with Gasteiger partial charge in [0.2, 0.25) is 0 Å². The number of carboxylic acid groups (broad SMARTS) is 1. The van der Waals surface area contributed by atoms with Crippen LogP contribution in [0.4, 0.5) is 0 Å². The predicted molar refractivity (Wildman–Crippen MR) is 79.6 cm³/mol. The summed E-state index contributed by atoms with van der Waals surface area (Å²) in [5, 5.41) is 9.85. The Kier molecular flexibility index (Phi) is 4.07. The van der Waals surface area contributed by atoms with Gasteiger partial charge in [-0.05, 0) is 56.9 Å². The molecule has 1 heterocycles. The number of hydrogen-bond acceptors (Lipinski definition) is 2. The molecule has 3 heteroatoms. The summed E-state index contributed by atoms with van der Waals surface area (Å²) in [5.41, 5.74) is -0.456. The standard InChI is InChI=1S/C17H29NO2/c1-13-5-3-9-17(11-13,16(19)20)12-18-10-4-7-14-6-2-8-15(14)18/h13-15H,2-12H2,1H3,(H,19,20). The molecule has 2 aliphatic carbocycles. The summed E-state index contributed by atoms with van der Waals surface area (Å²) < 4.78 is 0. The normalized spacial score (nSPS) is 42.4. The van der Waals surface area contributed by atoms with Gasteiger partial charge < -0.3 is 5.11 Å². The van der Waals surface area contributed by atoms with Gasteiger partial charge in [-0.3, -0.25) is 9.69 Å². The van der Waals surface area contributed by atoms with Gasteiger partial charge in [0.25, 0.3) is 0 Å². The van der Waals surface area contributed by atoms with E-state index in [1.165, 1.54) is 38.5 Å². The van der Waals surface area contributed by atoms with Crippen molar-refractivity contribution in [1.82, 2.24) is 4.90 Å². The lowest BCUT2D eigenvalue weighted by Gasteiger charge is -2.45. The Morgan fingerprint density at radius 3 is 2.75 bits per heavy atom. The monoisotopic (exact) mass is 279 g/mol. The van der Waals surface area contributed by atoms with Gasteiger partial charge in [-0.1, -0.05) is 26.2 Å². The summed E-state index contributed by atoms with van der Waals surface area (Å²) in [7, 11) is 0. The van der Waals surface area contributed by atoms with Gasteiger partial charge in [0.15, 0.2) is 0 Å². The maximum atomic E-state index is 12.0. The van der Waals surface area contributed by atoms with Crippen LogP contribution < -0.4 is 0 Å². The van der Waals surface area contributed by atoms with Crippen LogP contribution >= 0.6 is 0 Å². The maximum absolute atomic E-state index is 12.0. The number of carboxylic acids is 1. The highest BCUT2D eigenvalue weighted by Gasteiger charge is 2.46. The third kappa shape index (κ3) is 2.61. The lowest BCUT2D eigenvalue weighted by Crippen LogP contribution is -2.51. The zero-order valence-corrected chi connectivity index (χ0v) is 12.8. The van der Waals surface area contributed by atoms with E-state index in [1.807, 2.05) is 0 Å². The van der Waals surface area contributed by atoms with Crippen molar-refractivity contribution in [3.05, 3.63) is 0 Å². The lowest BCUT2D eigenvalue weighted by atomic mass is 9.69. The third-order valence-corrected chi connectivity index (χ3v) is 6.16. The summed E-state index contributed by atoms with van der Waals surface area (Å²) in [6.07, 6.45) is 10.7. The molecule has 3 aliphatic rings. The number of nitrogens with zero attached hydrogens (tertiary/aromatic N) is 1. The van der Waals surface area contributed by atoms with E-state index in [9.17, 15) is 9.90 Å². The number of likely N-dealkylation sites (tertiary alicyclic amines) is 1. The second kappa shape index (κ2) is 5.67. The zero-order chi connectivity index (χ0) is 14.2. The van der Waals surface area contributed by atoms with Crippen LogP contribution in [0.25, 0.3) is 0 Å². The minimum atomic E-state index is -0.538. The molecule has 0 spiro atoms. The van der Waals surface area contributed by atoms with Gasteiger partial charge in [0, 0.05) is 12.6 Å². The highest BCUT2D eigenvalue weighted by Crippen LogP contribution is 2.43. The molecule has 20 heavy (non-hydrogen) atoms. The Morgan fingerprint density at radius 2 is 2.00 bits per heavy atom. The molecule has 4 unspecified atom stereocenters. The van der Waals surface area contributed by atoms with Gasteiger partial charge in [0.1, 0.15) is 0 Å². The van der Waals surface area contributed by atoms with Crippen molar-refractivity contribution in [3.63, 3.8) is 0 Å². The van der Waals surface area contributed by atoms with E-state index >= 15 is 0 Å². The number of piperidine rings is 1. The number of carbonyl (C=O) groups is 1. The van der Waals surface area contributed by atoms with Gasteiger partial charge in [0.05, 0.1) is 5.41 Å². The Hall–Kier alpha value is -0.570. The Bertz CT molecular complexity index is 370. The van der Waals surface area contributed by atoms with Crippen LogP contribution in [-0.4, -0.2) is 35.1 Å². The first-order chi connectivity index (χ1) is 9.61. The molecule has 3 nitrogen and oxygen atoms in total. The molecular weight excluding hydrogens is 250 g/mol. The van der Waals surface area contributed by atoms with Crippen LogP contribution in [-0.2, 0) is 4.79 Å². The van der Waals surface area contributed by atoms with Crippen LogP contribution in [0.3, 0.4) is 0 Å². The quantitative estimate of drug-likeness (QED) is 0.859. The Labute approximate surface area is 122 Å². The van der Waals surface area contributed by atoms with Gasteiger partial charge in [-0.25, -0.2) is 0 Å². The first-order valence-electron chi connectivity index (χ1n) is 8.58. The smallest absolute Gasteiger partial charge is 0.310 e. The predicted octanol–water partition coefficient (Wildman–Crippen LogP) is 3.53. The van der Waals surface area contributed by atoms with Crippen molar-refractivity contribution in [2.45, 2.75) is 70.8 Å². The van der Waals surface area contributed by atoms with Crippen LogP contribution in [0.15, 0.2) is 0 Å². The first-order valence-corrected chi connectivity index (χ1v) is 8.58. The molecule has 1 aliphatic heterocycles. The lowest BCUT2D eigenvalue weighted by molar-refractivity contribution is -0.154. The molecule has 114 valence electrons. The fraction of sp³-hybridized carbons (Fsp3) is 0.941. The van der Waals surface area contributed by atoms with E-state index in [1.54, 1.807) is 0 Å². The summed E-state index contributed by atoms with van der Waals surface area (Å²) in [4.78, 5) is 14.5. The summed E-state index contributed by atoms with van der Waals surface area (Å²) in [6, 6.07) is 0.692. The number of hydrogen-bond donors (Lipinski definition) is 1. The highest BCUT2D eigenvalue weighted by molar-refractivity contribution is 5.75. The highest BCUT2D eigenvalue weighted by atomic mass is 16.4. The second-order valence-electron chi connectivity index (χ2n) is 7.66. The Morgan fingerprint density at radius 1 is 1.20 bits per heavy atom. The molecule has 0 amide bonds. The van der Waals surface area contributed by atoms with Crippen LogP contribution in [0.2, 0.25) is 0 Å². The van der Waals surface area contributed by atoms with Crippen molar-refractivity contribution < 1.29 is 9.90 Å². The average Bonchev–Trinajstić information content (AvgIpc) is 2.88. The number of rotatable bonds is 3. The topological polar surface area (TPSA) is 40.5 Å². The molecule has 2 saturated carbocycles. The van der Waals surface area contributed by atoms with Crippen molar-refractivity contribution in [1.29, 1.82) is 0 Å². The van der Waals surface area contributed by atoms with Crippen molar-refractivity contribution in [2.75, 3.05) is 13.1 Å². The molecule has 0 aromatic carbocycles. The van der Waals surface area contributed by atoms with E-state index < -0.39 is 11.4 Å². The Balaban J connectivity index is 1.74. The number of aliphatic carboxylic acids is 1. The van der Waals surface area contributed by atoms with Gasteiger partial charge in [-0.15, -0.1) is 0 Å². The van der Waals surface area contributed by atoms with E-state index in [2.05, 4.69) is 11.8 Å². The zero-order valence-electron chi connectivity index (χ0n) is 12.8.